The topological polar surface area (TPSA) is 59.4 Å². The first-order valence-electron chi connectivity index (χ1n) is 6.32. The fourth-order valence-electron chi connectivity index (χ4n) is 2.41. The van der Waals surface area contributed by atoms with Crippen LogP contribution < -0.4 is 0 Å². The number of aromatic amines is 1. The van der Waals surface area contributed by atoms with Gasteiger partial charge in [0.1, 0.15) is 0 Å². The van der Waals surface area contributed by atoms with E-state index in [4.69, 9.17) is 23.2 Å². The van der Waals surface area contributed by atoms with Crippen molar-refractivity contribution in [2.45, 2.75) is 6.54 Å². The molecule has 3 heterocycles. The molecule has 0 saturated heterocycles. The number of nitrogens with zero attached hydrogens (tertiary/aromatic N) is 4. The maximum Gasteiger partial charge on any atom is 0.181 e. The maximum absolute atomic E-state index is 6.18. The molecule has 0 bridgehead atoms. The lowest BCUT2D eigenvalue weighted by atomic mass is 10.2. The normalized spacial score (nSPS) is 11.5. The van der Waals surface area contributed by atoms with Crippen molar-refractivity contribution in [2.24, 2.45) is 0 Å². The van der Waals surface area contributed by atoms with Crippen LogP contribution in [0.5, 0.6) is 0 Å². The summed E-state index contributed by atoms with van der Waals surface area (Å²) in [5.74, 6) is 0. The molecule has 4 aromatic rings. The number of pyridine rings is 1. The smallest absolute Gasteiger partial charge is 0.181 e. The van der Waals surface area contributed by atoms with Crippen LogP contribution in [0.2, 0.25) is 10.2 Å². The fourth-order valence-corrected chi connectivity index (χ4v) is 2.82. The van der Waals surface area contributed by atoms with E-state index < -0.39 is 0 Å². The lowest BCUT2D eigenvalue weighted by Crippen LogP contribution is -2.02. The fraction of sp³-hybridized carbons (Fsp3) is 0.0714. The largest absolute Gasteiger partial charge is 0.278 e. The summed E-state index contributed by atoms with van der Waals surface area (Å²) < 4.78 is 1.83. The predicted octanol–water partition coefficient (Wildman–Crippen LogP) is 3.66. The second-order valence-electron chi connectivity index (χ2n) is 4.69. The molecule has 21 heavy (non-hydrogen) atoms. The Balaban J connectivity index is 1.84. The molecule has 0 aliphatic heterocycles. The molecule has 0 amide bonds. The molecule has 0 saturated carbocycles. The molecule has 5 nitrogen and oxygen atoms in total. The third-order valence-electron chi connectivity index (χ3n) is 3.38. The molecule has 3 aromatic heterocycles. The van der Waals surface area contributed by atoms with Gasteiger partial charge < -0.3 is 0 Å². The lowest BCUT2D eigenvalue weighted by molar-refractivity contribution is 0.697. The highest BCUT2D eigenvalue weighted by atomic mass is 35.5. The molecule has 0 aliphatic carbocycles. The molecule has 1 N–H and O–H groups in total. The Bertz CT molecular complexity index is 956. The zero-order valence-electron chi connectivity index (χ0n) is 10.7. The van der Waals surface area contributed by atoms with E-state index in [1.807, 2.05) is 35.0 Å². The summed E-state index contributed by atoms with van der Waals surface area (Å²) in [4.78, 5) is 4.21. The zero-order valence-corrected chi connectivity index (χ0v) is 12.2. The molecule has 0 atom stereocenters. The molecular formula is C14H9Cl2N5. The van der Waals surface area contributed by atoms with Crippen LogP contribution in [-0.4, -0.2) is 25.0 Å². The van der Waals surface area contributed by atoms with Gasteiger partial charge in [0, 0.05) is 22.0 Å². The molecule has 104 valence electrons. The molecule has 0 unspecified atom stereocenters. The summed E-state index contributed by atoms with van der Waals surface area (Å²) in [6, 6.07) is 9.41. The summed E-state index contributed by atoms with van der Waals surface area (Å²) in [7, 11) is 0. The van der Waals surface area contributed by atoms with E-state index >= 15 is 0 Å². The van der Waals surface area contributed by atoms with Gasteiger partial charge in [-0.05, 0) is 30.3 Å². The summed E-state index contributed by atoms with van der Waals surface area (Å²) in [6.45, 7) is 0.535. The number of hydrogen-bond acceptors (Lipinski definition) is 3. The van der Waals surface area contributed by atoms with Crippen molar-refractivity contribution in [3.05, 3.63) is 52.4 Å². The standard InChI is InChI=1S/C14H9Cl2N5/c15-8-3-4-12-10(6-8)13(16)20-21(12)7-11-9-2-1-5-17-14(9)19-18-11/h1-6H,7H2,(H,17,18,19). The number of benzene rings is 1. The van der Waals surface area contributed by atoms with Crippen LogP contribution in [0.3, 0.4) is 0 Å². The van der Waals surface area contributed by atoms with Crippen molar-refractivity contribution in [3.63, 3.8) is 0 Å². The van der Waals surface area contributed by atoms with Gasteiger partial charge in [-0.25, -0.2) is 4.98 Å². The van der Waals surface area contributed by atoms with E-state index in [1.165, 1.54) is 0 Å². The molecular weight excluding hydrogens is 309 g/mol. The van der Waals surface area contributed by atoms with Gasteiger partial charge in [0.2, 0.25) is 0 Å². The minimum Gasteiger partial charge on any atom is -0.278 e. The second kappa shape index (κ2) is 4.72. The average molecular weight is 318 g/mol. The Hall–Kier alpha value is -2.11. The van der Waals surface area contributed by atoms with Crippen LogP contribution in [0.25, 0.3) is 21.9 Å². The first-order valence-corrected chi connectivity index (χ1v) is 7.07. The van der Waals surface area contributed by atoms with Crippen molar-refractivity contribution in [3.8, 4) is 0 Å². The van der Waals surface area contributed by atoms with Gasteiger partial charge in [0.05, 0.1) is 17.8 Å². The summed E-state index contributed by atoms with van der Waals surface area (Å²) in [5, 5.41) is 14.5. The highest BCUT2D eigenvalue weighted by Gasteiger charge is 2.12. The number of fused-ring (bicyclic) bond motifs is 2. The molecule has 7 heteroatoms. The lowest BCUT2D eigenvalue weighted by Gasteiger charge is -2.02. The van der Waals surface area contributed by atoms with Crippen LogP contribution >= 0.6 is 23.2 Å². The van der Waals surface area contributed by atoms with Gasteiger partial charge in [0.15, 0.2) is 10.8 Å². The third kappa shape index (κ3) is 2.05. The zero-order chi connectivity index (χ0) is 14.4. The van der Waals surface area contributed by atoms with E-state index in [0.29, 0.717) is 22.4 Å². The Labute approximate surface area is 129 Å². The summed E-state index contributed by atoms with van der Waals surface area (Å²) in [6.07, 6.45) is 1.72. The average Bonchev–Trinajstić information content (AvgIpc) is 3.02. The highest BCUT2D eigenvalue weighted by Crippen LogP contribution is 2.27. The predicted molar refractivity (Wildman–Crippen MR) is 82.7 cm³/mol. The van der Waals surface area contributed by atoms with Gasteiger partial charge in [0.25, 0.3) is 0 Å². The quantitative estimate of drug-likeness (QED) is 0.613. The number of nitrogens with one attached hydrogen (secondary N) is 1. The molecule has 4 rings (SSSR count). The van der Waals surface area contributed by atoms with Crippen molar-refractivity contribution in [2.75, 3.05) is 0 Å². The first kappa shape index (κ1) is 12.6. The summed E-state index contributed by atoms with van der Waals surface area (Å²) >= 11 is 12.2. The Morgan fingerprint density at radius 1 is 1.14 bits per heavy atom. The van der Waals surface area contributed by atoms with E-state index in [1.54, 1.807) is 6.20 Å². The van der Waals surface area contributed by atoms with Crippen LogP contribution in [0.4, 0.5) is 0 Å². The molecule has 1 aromatic carbocycles. The van der Waals surface area contributed by atoms with Crippen molar-refractivity contribution >= 4 is 45.1 Å². The number of rotatable bonds is 2. The number of halogens is 2. The van der Waals surface area contributed by atoms with Crippen molar-refractivity contribution in [1.82, 2.24) is 25.0 Å². The highest BCUT2D eigenvalue weighted by molar-refractivity contribution is 6.35. The number of H-pyrrole nitrogens is 1. The van der Waals surface area contributed by atoms with Crippen molar-refractivity contribution < 1.29 is 0 Å². The van der Waals surface area contributed by atoms with Crippen LogP contribution in [0, 0.1) is 0 Å². The monoisotopic (exact) mass is 317 g/mol. The Morgan fingerprint density at radius 3 is 2.95 bits per heavy atom. The Morgan fingerprint density at radius 2 is 2.05 bits per heavy atom. The van der Waals surface area contributed by atoms with E-state index in [2.05, 4.69) is 20.3 Å². The van der Waals surface area contributed by atoms with Crippen molar-refractivity contribution in [1.29, 1.82) is 0 Å². The molecule has 0 spiro atoms. The number of aromatic nitrogens is 5. The van der Waals surface area contributed by atoms with Gasteiger partial charge >= 0.3 is 0 Å². The molecule has 0 aliphatic rings. The van der Waals surface area contributed by atoms with E-state index in [-0.39, 0.29) is 0 Å². The second-order valence-corrected chi connectivity index (χ2v) is 5.48. The van der Waals surface area contributed by atoms with Gasteiger partial charge in [-0.2, -0.15) is 10.2 Å². The summed E-state index contributed by atoms with van der Waals surface area (Å²) in [5.41, 5.74) is 2.56. The Kier molecular flexibility index (Phi) is 2.83. The number of hydrogen-bond donors (Lipinski definition) is 1. The van der Waals surface area contributed by atoms with Crippen LogP contribution in [0.15, 0.2) is 36.5 Å². The molecule has 0 fully saturated rings. The minimum atomic E-state index is 0.439. The third-order valence-corrected chi connectivity index (χ3v) is 3.90. The molecule has 0 radical (unpaired) electrons. The van der Waals surface area contributed by atoms with Gasteiger partial charge in [-0.3, -0.25) is 9.78 Å². The van der Waals surface area contributed by atoms with Gasteiger partial charge in [-0.15, -0.1) is 0 Å². The van der Waals surface area contributed by atoms with E-state index in [9.17, 15) is 0 Å². The minimum absolute atomic E-state index is 0.439. The van der Waals surface area contributed by atoms with Crippen LogP contribution in [0.1, 0.15) is 5.69 Å². The SMILES string of the molecule is Clc1ccc2c(c1)c(Cl)nn2Cc1[nH]nc2ncccc12. The first-order chi connectivity index (χ1) is 10.2. The van der Waals surface area contributed by atoms with E-state index in [0.717, 1.165) is 22.0 Å². The van der Waals surface area contributed by atoms with Gasteiger partial charge in [-0.1, -0.05) is 23.2 Å². The van der Waals surface area contributed by atoms with Crippen LogP contribution in [-0.2, 0) is 6.54 Å². The maximum atomic E-state index is 6.18.